The lowest BCUT2D eigenvalue weighted by Gasteiger charge is -2.41. The van der Waals surface area contributed by atoms with E-state index in [9.17, 15) is 43.5 Å². The number of hydrogen-bond donors (Lipinski definition) is 6. The maximum absolute atomic E-state index is 15.3. The van der Waals surface area contributed by atoms with Gasteiger partial charge >= 0.3 is 0 Å². The zero-order valence-electron chi connectivity index (χ0n) is 59.4. The highest BCUT2D eigenvalue weighted by Gasteiger charge is 2.46. The molecule has 0 aromatic heterocycles. The number of likely N-dealkylation sites (N-methyl/N-ethyl adjacent to an activating group) is 7. The fourth-order valence-corrected chi connectivity index (χ4v) is 11.6. The lowest BCUT2D eigenvalue weighted by molar-refractivity contribution is -0.157. The van der Waals surface area contributed by atoms with E-state index in [-0.39, 0.29) is 55.8 Å². The molecule has 1 saturated heterocycles. The minimum Gasteiger partial charge on any atom is -0.390 e. The third kappa shape index (κ3) is 24.3. The second kappa shape index (κ2) is 38.8. The van der Waals surface area contributed by atoms with Crippen molar-refractivity contribution in [1.29, 1.82) is 0 Å². The van der Waals surface area contributed by atoms with Crippen LogP contribution in [0.2, 0.25) is 0 Å². The van der Waals surface area contributed by atoms with Crippen molar-refractivity contribution in [2.45, 2.75) is 254 Å². The number of aliphatic hydroxyl groups is 1. The highest BCUT2D eigenvalue weighted by molar-refractivity contribution is 5.99. The Morgan fingerprint density at radius 1 is 0.444 bits per heavy atom. The van der Waals surface area contributed by atoms with Crippen LogP contribution in [0.15, 0.2) is 0 Å². The lowest BCUT2D eigenvalue weighted by Crippen LogP contribution is -2.63. The van der Waals surface area contributed by atoms with Crippen molar-refractivity contribution in [3.63, 3.8) is 0 Å². The number of carbonyl (C=O) groups is 11. The van der Waals surface area contributed by atoms with E-state index in [4.69, 9.17) is 5.73 Å². The van der Waals surface area contributed by atoms with Crippen LogP contribution in [-0.4, -0.2) is 233 Å². The molecule has 7 N–H and O–H groups in total. The molecule has 90 heavy (non-hydrogen) atoms. The van der Waals surface area contributed by atoms with Gasteiger partial charge in [-0.3, -0.25) is 52.7 Å². The van der Waals surface area contributed by atoms with Crippen molar-refractivity contribution in [3.05, 3.63) is 0 Å². The van der Waals surface area contributed by atoms with Gasteiger partial charge in [-0.15, -0.1) is 0 Å². The lowest BCUT2D eigenvalue weighted by atomic mass is 9.90. The van der Waals surface area contributed by atoms with E-state index in [0.717, 1.165) is 35.5 Å². The summed E-state index contributed by atoms with van der Waals surface area (Å²) in [6, 6.07) is -12.3. The van der Waals surface area contributed by atoms with Gasteiger partial charge in [0.15, 0.2) is 0 Å². The first-order valence-corrected chi connectivity index (χ1v) is 33.2. The predicted molar refractivity (Wildman–Crippen MR) is 350 cm³/mol. The fraction of sp³-hybridized carbons (Fsp3) is 0.833. The van der Waals surface area contributed by atoms with Crippen molar-refractivity contribution in [3.8, 4) is 0 Å². The van der Waals surface area contributed by atoms with Crippen LogP contribution in [0.1, 0.15) is 188 Å². The second-order valence-electron chi connectivity index (χ2n) is 28.0. The molecule has 0 radical (unpaired) electrons. The maximum Gasteiger partial charge on any atom is 0.246 e. The smallest absolute Gasteiger partial charge is 0.246 e. The number of rotatable bonds is 21. The van der Waals surface area contributed by atoms with Gasteiger partial charge in [-0.05, 0) is 113 Å². The molecule has 12 atom stereocenters. The molecule has 0 spiro atoms. The number of amides is 11. The van der Waals surface area contributed by atoms with E-state index >= 15 is 14.4 Å². The molecular formula is C66H122N12O12. The highest BCUT2D eigenvalue weighted by atomic mass is 16.3. The van der Waals surface area contributed by atoms with E-state index < -0.39 is 156 Å². The van der Waals surface area contributed by atoms with Gasteiger partial charge in [-0.25, -0.2) is 0 Å². The van der Waals surface area contributed by atoms with Gasteiger partial charge in [-0.1, -0.05) is 123 Å². The minimum atomic E-state index is -1.59. The van der Waals surface area contributed by atoms with E-state index in [2.05, 4.69) is 21.3 Å². The summed E-state index contributed by atoms with van der Waals surface area (Å²) >= 11 is 0. The highest BCUT2D eigenvalue weighted by Crippen LogP contribution is 2.26. The molecule has 0 bridgehead atoms. The summed E-state index contributed by atoms with van der Waals surface area (Å²) in [5.74, 6) is -9.32. The van der Waals surface area contributed by atoms with Crippen LogP contribution in [0.3, 0.4) is 0 Å². The summed E-state index contributed by atoms with van der Waals surface area (Å²) in [7, 11) is 10.0. The van der Waals surface area contributed by atoms with Crippen molar-refractivity contribution >= 4 is 65.0 Å². The van der Waals surface area contributed by atoms with Gasteiger partial charge in [0.1, 0.15) is 60.4 Å². The number of nitrogens with one attached hydrogen (secondary N) is 4. The van der Waals surface area contributed by atoms with Gasteiger partial charge in [0.2, 0.25) is 65.0 Å². The molecule has 1 rings (SSSR count). The molecule has 0 aromatic carbocycles. The molecule has 0 unspecified atom stereocenters. The van der Waals surface area contributed by atoms with Crippen LogP contribution in [0.4, 0.5) is 0 Å². The standard InChI is InChI=1S/C66H122N12O12/c1-24-47-62(86)72(17)37-52(79)73(18)49(34-39(4)5)59(83)71-53(42(10)11)65(89)74(19)48(32-31-38(2)3)58(82)68-45(15)57(81)69-46(16)61(85)75(20)50(35-40(6)7)63(87)76(21)51(36-41(8)9)64(88)77(22)54(43(12)13)66(90)78(23)55(60(84)70-47)56(80)44(14)30-28-26-25-27-29-33-67/h38-51,53-56,80H,24-37,67H2,1-23H3,(H,68,82)(H,69,81)(H,70,84)(H,71,83)/t44-,45-,46+,47+,48-,49+,50+,51+,53-,54+,55+,56-/m1/s1. The average Bonchev–Trinajstić information content (AvgIpc) is 1.65. The molecule has 0 aromatic rings. The van der Waals surface area contributed by atoms with Crippen LogP contribution in [0.25, 0.3) is 0 Å². The summed E-state index contributed by atoms with van der Waals surface area (Å²) in [5.41, 5.74) is 5.72. The first-order valence-electron chi connectivity index (χ1n) is 33.2. The fourth-order valence-electron chi connectivity index (χ4n) is 11.6. The predicted octanol–water partition coefficient (Wildman–Crippen LogP) is 3.99. The molecule has 1 aliphatic heterocycles. The number of nitrogens with zero attached hydrogens (tertiary/aromatic N) is 7. The third-order valence-electron chi connectivity index (χ3n) is 17.5. The zero-order chi connectivity index (χ0) is 69.5. The quantitative estimate of drug-likeness (QED) is 0.0888. The van der Waals surface area contributed by atoms with Crippen molar-refractivity contribution in [1.82, 2.24) is 55.6 Å². The Labute approximate surface area is 540 Å². The molecular weight excluding hydrogens is 1150 g/mol. The summed E-state index contributed by atoms with van der Waals surface area (Å²) in [6.07, 6.45) is 4.46. The van der Waals surface area contributed by atoms with Crippen molar-refractivity contribution < 1.29 is 57.8 Å². The molecule has 1 fully saturated rings. The second-order valence-corrected chi connectivity index (χ2v) is 28.0. The summed E-state index contributed by atoms with van der Waals surface area (Å²) in [4.78, 5) is 170. The van der Waals surface area contributed by atoms with E-state index in [0.29, 0.717) is 25.8 Å². The van der Waals surface area contributed by atoms with Crippen LogP contribution in [0, 0.1) is 41.4 Å². The van der Waals surface area contributed by atoms with Crippen LogP contribution in [-0.2, 0) is 52.7 Å². The number of unbranched alkanes of at least 4 members (excludes halogenated alkanes) is 4. The summed E-state index contributed by atoms with van der Waals surface area (Å²) < 4.78 is 0. The van der Waals surface area contributed by atoms with Crippen LogP contribution >= 0.6 is 0 Å². The van der Waals surface area contributed by atoms with Gasteiger partial charge in [-0.2, -0.15) is 0 Å². The first kappa shape index (κ1) is 82.1. The largest absolute Gasteiger partial charge is 0.390 e. The van der Waals surface area contributed by atoms with Gasteiger partial charge < -0.3 is 66.4 Å². The van der Waals surface area contributed by atoms with Crippen LogP contribution in [0.5, 0.6) is 0 Å². The van der Waals surface area contributed by atoms with Crippen molar-refractivity contribution in [2.24, 2.45) is 47.2 Å². The number of aliphatic hydroxyl groups excluding tert-OH is 1. The Morgan fingerprint density at radius 2 is 0.900 bits per heavy atom. The first-order chi connectivity index (χ1) is 41.7. The maximum atomic E-state index is 15.3. The Hall–Kier alpha value is -5.91. The van der Waals surface area contributed by atoms with Gasteiger partial charge in [0.05, 0.1) is 12.6 Å². The van der Waals surface area contributed by atoms with Gasteiger partial charge in [0.25, 0.3) is 0 Å². The average molecular weight is 1280 g/mol. The third-order valence-corrected chi connectivity index (χ3v) is 17.5. The van der Waals surface area contributed by atoms with E-state index in [1.165, 1.54) is 87.7 Å². The Kier molecular flexibility index (Phi) is 35.4. The van der Waals surface area contributed by atoms with E-state index in [1.54, 1.807) is 41.5 Å². The molecule has 11 amide bonds. The molecule has 1 aliphatic rings. The van der Waals surface area contributed by atoms with Crippen LogP contribution < -0.4 is 27.0 Å². The Bertz CT molecular complexity index is 2370. The zero-order valence-corrected chi connectivity index (χ0v) is 59.4. The van der Waals surface area contributed by atoms with Crippen molar-refractivity contribution in [2.75, 3.05) is 62.4 Å². The molecule has 1 heterocycles. The Morgan fingerprint density at radius 3 is 1.39 bits per heavy atom. The monoisotopic (exact) mass is 1270 g/mol. The van der Waals surface area contributed by atoms with Gasteiger partial charge in [0, 0.05) is 49.3 Å². The minimum absolute atomic E-state index is 0.0274. The number of hydrogen-bond acceptors (Lipinski definition) is 13. The topological polar surface area (TPSA) is 305 Å². The molecule has 24 nitrogen and oxygen atoms in total. The molecule has 24 heteroatoms. The Balaban J connectivity index is 4.33. The SMILES string of the molecule is CC[C@@H]1NC(=O)[C@H]([C@H](O)[C@H](C)CCCCCCCN)N(C)C(=O)[C@H](C(C)C)N(C)C(=O)[C@H](CC(C)C)N(C)C(=O)[C@H](CC(C)C)N(C)C(=O)[C@H](C)NC(=O)[C@@H](C)NC(=O)[C@@H](CCC(C)C)N(C)C(=O)[C@@H](C(C)C)NC(=O)[C@H](CC(C)C)N(C)C(=O)CN(C)C1=O. The summed E-state index contributed by atoms with van der Waals surface area (Å²) in [5, 5.41) is 23.4. The molecule has 518 valence electrons. The van der Waals surface area contributed by atoms with E-state index in [1.807, 2.05) is 55.4 Å². The summed E-state index contributed by atoms with van der Waals surface area (Å²) in [6.45, 7) is 28.5. The molecule has 0 saturated carbocycles. The number of nitrogens with two attached hydrogens (primary N) is 1. The number of carbonyl (C=O) groups excluding carboxylic acids is 11. The molecule has 0 aliphatic carbocycles. The normalized spacial score (nSPS) is 26.0.